The normalized spacial score (nSPS) is 13.9. The lowest BCUT2D eigenvalue weighted by atomic mass is 9.96. The summed E-state index contributed by atoms with van der Waals surface area (Å²) >= 11 is 9.63. The van der Waals surface area contributed by atoms with E-state index in [4.69, 9.17) is 11.6 Å². The van der Waals surface area contributed by atoms with E-state index >= 15 is 0 Å². The van der Waals surface area contributed by atoms with Gasteiger partial charge in [-0.15, -0.1) is 21.5 Å². The van der Waals surface area contributed by atoms with Gasteiger partial charge in [-0.3, -0.25) is 0 Å². The molecule has 2 aromatic heterocycles. The number of hydrogen-bond donors (Lipinski definition) is 0. The predicted molar refractivity (Wildman–Crippen MR) is 102 cm³/mol. The van der Waals surface area contributed by atoms with Gasteiger partial charge in [0.2, 0.25) is 0 Å². The number of thioether (sulfide) groups is 1. The molecule has 0 unspecified atom stereocenters. The number of rotatable bonds is 4. The first-order valence-corrected chi connectivity index (χ1v) is 10.3. The molecule has 6 heteroatoms. The zero-order valence-electron chi connectivity index (χ0n) is 13.5. The lowest BCUT2D eigenvalue weighted by Gasteiger charge is -2.12. The van der Waals surface area contributed by atoms with Crippen molar-refractivity contribution in [2.75, 3.05) is 0 Å². The first-order chi connectivity index (χ1) is 11.7. The number of nitrogens with zero attached hydrogens (tertiary/aromatic N) is 3. The highest BCUT2D eigenvalue weighted by atomic mass is 35.5. The van der Waals surface area contributed by atoms with E-state index in [1.54, 1.807) is 11.8 Å². The molecule has 0 N–H and O–H groups in total. The molecule has 0 amide bonds. The van der Waals surface area contributed by atoms with E-state index in [0.29, 0.717) is 0 Å². The van der Waals surface area contributed by atoms with Gasteiger partial charge in [0.05, 0.1) is 0 Å². The predicted octanol–water partition coefficient (Wildman–Crippen LogP) is 5.37. The van der Waals surface area contributed by atoms with Crippen LogP contribution in [0.1, 0.15) is 28.8 Å². The highest BCUT2D eigenvalue weighted by Crippen LogP contribution is 2.36. The second-order valence-electron chi connectivity index (χ2n) is 6.04. The summed E-state index contributed by atoms with van der Waals surface area (Å²) in [5.74, 6) is 1.83. The third kappa shape index (κ3) is 3.13. The van der Waals surface area contributed by atoms with Gasteiger partial charge in [0, 0.05) is 33.6 Å². The fourth-order valence-electron chi connectivity index (χ4n) is 3.13. The molecule has 0 atom stereocenters. The summed E-state index contributed by atoms with van der Waals surface area (Å²) in [6.45, 7) is 0. The molecule has 0 spiro atoms. The smallest absolute Gasteiger partial charge is 0.191 e. The van der Waals surface area contributed by atoms with E-state index in [9.17, 15) is 0 Å². The van der Waals surface area contributed by atoms with E-state index in [1.807, 2.05) is 29.5 Å². The summed E-state index contributed by atoms with van der Waals surface area (Å²) in [7, 11) is 2.06. The van der Waals surface area contributed by atoms with Crippen molar-refractivity contribution in [3.8, 4) is 11.4 Å². The van der Waals surface area contributed by atoms with Crippen LogP contribution in [0.15, 0.2) is 34.8 Å². The minimum absolute atomic E-state index is 0.775. The van der Waals surface area contributed by atoms with Crippen LogP contribution in [0.5, 0.6) is 0 Å². The number of hydrogen-bond acceptors (Lipinski definition) is 4. The van der Waals surface area contributed by atoms with Crippen molar-refractivity contribution >= 4 is 34.7 Å². The Kier molecular flexibility index (Phi) is 4.66. The van der Waals surface area contributed by atoms with Gasteiger partial charge in [0.1, 0.15) is 0 Å². The van der Waals surface area contributed by atoms with Crippen molar-refractivity contribution in [2.24, 2.45) is 7.05 Å². The minimum Gasteiger partial charge on any atom is -0.305 e. The van der Waals surface area contributed by atoms with Crippen molar-refractivity contribution in [3.05, 3.63) is 50.7 Å². The van der Waals surface area contributed by atoms with Crippen molar-refractivity contribution < 1.29 is 0 Å². The van der Waals surface area contributed by atoms with E-state index in [2.05, 4.69) is 33.3 Å². The topological polar surface area (TPSA) is 30.7 Å². The maximum absolute atomic E-state index is 6.06. The van der Waals surface area contributed by atoms with Crippen molar-refractivity contribution in [3.63, 3.8) is 0 Å². The second kappa shape index (κ2) is 6.90. The van der Waals surface area contributed by atoms with Crippen LogP contribution < -0.4 is 0 Å². The van der Waals surface area contributed by atoms with Crippen molar-refractivity contribution in [1.29, 1.82) is 0 Å². The van der Waals surface area contributed by atoms with Crippen LogP contribution in [0.3, 0.4) is 0 Å². The fourth-order valence-corrected chi connectivity index (χ4v) is 5.32. The lowest BCUT2D eigenvalue weighted by molar-refractivity contribution is 0.696. The van der Waals surface area contributed by atoms with Crippen LogP contribution in [0.25, 0.3) is 11.4 Å². The van der Waals surface area contributed by atoms with Gasteiger partial charge in [-0.25, -0.2) is 0 Å². The van der Waals surface area contributed by atoms with Crippen LogP contribution in [-0.4, -0.2) is 14.8 Å². The van der Waals surface area contributed by atoms with Crippen molar-refractivity contribution in [2.45, 2.75) is 36.6 Å². The average molecular weight is 376 g/mol. The molecule has 4 rings (SSSR count). The molecular formula is C18H18ClN3S2. The molecule has 0 fully saturated rings. The summed E-state index contributed by atoms with van der Waals surface area (Å²) in [5.41, 5.74) is 3.97. The Morgan fingerprint density at radius 3 is 3.00 bits per heavy atom. The van der Waals surface area contributed by atoms with Crippen LogP contribution in [0, 0.1) is 0 Å². The molecule has 0 aliphatic heterocycles. The Bertz CT molecular complexity index is 869. The number of benzene rings is 1. The highest BCUT2D eigenvalue weighted by Gasteiger charge is 2.20. The molecule has 0 saturated heterocycles. The van der Waals surface area contributed by atoms with E-state index < -0.39 is 0 Å². The molecule has 0 saturated carbocycles. The summed E-state index contributed by atoms with van der Waals surface area (Å²) < 4.78 is 2.12. The Balaban J connectivity index is 1.56. The molecule has 2 heterocycles. The number of thiophene rings is 1. The number of aryl methyl sites for hydroxylation is 1. The van der Waals surface area contributed by atoms with Gasteiger partial charge in [0.15, 0.2) is 11.0 Å². The molecule has 124 valence electrons. The van der Waals surface area contributed by atoms with Gasteiger partial charge < -0.3 is 4.57 Å². The summed E-state index contributed by atoms with van der Waals surface area (Å²) in [6.07, 6.45) is 4.98. The molecule has 0 radical (unpaired) electrons. The van der Waals surface area contributed by atoms with Crippen LogP contribution in [0.4, 0.5) is 0 Å². The zero-order valence-corrected chi connectivity index (χ0v) is 15.8. The summed E-state index contributed by atoms with van der Waals surface area (Å²) in [6, 6.07) is 7.97. The first-order valence-electron chi connectivity index (χ1n) is 8.08. The van der Waals surface area contributed by atoms with Crippen LogP contribution in [0.2, 0.25) is 5.02 Å². The number of halogens is 1. The Morgan fingerprint density at radius 1 is 1.25 bits per heavy atom. The van der Waals surface area contributed by atoms with Gasteiger partial charge in [-0.05, 0) is 48.9 Å². The third-order valence-electron chi connectivity index (χ3n) is 4.39. The van der Waals surface area contributed by atoms with Crippen LogP contribution in [-0.2, 0) is 25.6 Å². The van der Waals surface area contributed by atoms with Gasteiger partial charge in [-0.1, -0.05) is 35.5 Å². The molecule has 3 nitrogen and oxygen atoms in total. The monoisotopic (exact) mass is 375 g/mol. The SMILES string of the molecule is Cn1c(SCc2cccc(Cl)c2)nnc1-c1csc2c1CCCC2. The Hall–Kier alpha value is -1.30. The lowest BCUT2D eigenvalue weighted by Crippen LogP contribution is -2.02. The Morgan fingerprint density at radius 2 is 2.12 bits per heavy atom. The Labute approximate surface area is 155 Å². The minimum atomic E-state index is 0.775. The third-order valence-corrected chi connectivity index (χ3v) is 6.81. The average Bonchev–Trinajstić information content (AvgIpc) is 3.16. The first kappa shape index (κ1) is 16.2. The molecule has 1 aliphatic rings. The number of aromatic nitrogens is 3. The molecule has 1 aliphatic carbocycles. The second-order valence-corrected chi connectivity index (χ2v) is 8.39. The van der Waals surface area contributed by atoms with Gasteiger partial charge in [-0.2, -0.15) is 0 Å². The van der Waals surface area contributed by atoms with E-state index in [1.165, 1.54) is 47.3 Å². The standard InChI is InChI=1S/C18H18ClN3S2/c1-22-17(15-11-23-16-8-3-2-7-14(15)16)20-21-18(22)24-10-12-5-4-6-13(19)9-12/h4-6,9,11H,2-3,7-8,10H2,1H3. The van der Waals surface area contributed by atoms with E-state index in [-0.39, 0.29) is 0 Å². The fraction of sp³-hybridized carbons (Fsp3) is 0.333. The molecule has 1 aromatic carbocycles. The maximum Gasteiger partial charge on any atom is 0.191 e. The quantitative estimate of drug-likeness (QED) is 0.574. The van der Waals surface area contributed by atoms with Gasteiger partial charge in [0.25, 0.3) is 0 Å². The van der Waals surface area contributed by atoms with Crippen molar-refractivity contribution in [1.82, 2.24) is 14.8 Å². The molecule has 24 heavy (non-hydrogen) atoms. The highest BCUT2D eigenvalue weighted by molar-refractivity contribution is 7.98. The maximum atomic E-state index is 6.06. The van der Waals surface area contributed by atoms with Crippen LogP contribution >= 0.6 is 34.7 Å². The van der Waals surface area contributed by atoms with Gasteiger partial charge >= 0.3 is 0 Å². The molecular weight excluding hydrogens is 358 g/mol. The largest absolute Gasteiger partial charge is 0.305 e. The summed E-state index contributed by atoms with van der Waals surface area (Å²) in [4.78, 5) is 1.53. The molecule has 0 bridgehead atoms. The van der Waals surface area contributed by atoms with E-state index in [0.717, 1.165) is 21.8 Å². The molecule has 3 aromatic rings. The summed E-state index contributed by atoms with van der Waals surface area (Å²) in [5, 5.41) is 12.8. The number of fused-ring (bicyclic) bond motifs is 1. The zero-order chi connectivity index (χ0) is 16.5.